The molecule has 27 heavy (non-hydrogen) atoms. The van der Waals surface area contributed by atoms with Gasteiger partial charge in [0, 0.05) is 40.6 Å². The highest BCUT2D eigenvalue weighted by molar-refractivity contribution is 6.91. The van der Waals surface area contributed by atoms with Gasteiger partial charge in [-0.2, -0.15) is 0 Å². The third kappa shape index (κ3) is 7.23. The Balaban J connectivity index is 2.78. The SMILES string of the molecule is CCOCCC[Si](C)(C)c1ccc([Si](C)(C)CC[Si](OC)(OC)OC)cc1. The Morgan fingerprint density at radius 2 is 1.15 bits per heavy atom. The Morgan fingerprint density at radius 3 is 1.56 bits per heavy atom. The molecule has 0 aromatic heterocycles. The van der Waals surface area contributed by atoms with Crippen LogP contribution in [0.2, 0.25) is 44.3 Å². The van der Waals surface area contributed by atoms with Gasteiger partial charge in [0.2, 0.25) is 0 Å². The fraction of sp³-hybridized carbons (Fsp3) is 0.700. The summed E-state index contributed by atoms with van der Waals surface area (Å²) in [6.07, 6.45) is 1.16. The zero-order chi connectivity index (χ0) is 20.6. The van der Waals surface area contributed by atoms with Gasteiger partial charge >= 0.3 is 8.80 Å². The monoisotopic (exact) mass is 428 g/mol. The van der Waals surface area contributed by atoms with E-state index in [0.29, 0.717) is 0 Å². The van der Waals surface area contributed by atoms with Gasteiger partial charge in [-0.25, -0.2) is 0 Å². The van der Waals surface area contributed by atoms with E-state index in [4.69, 9.17) is 18.0 Å². The molecule has 0 spiro atoms. The first-order valence-electron chi connectivity index (χ1n) is 10.0. The molecule has 1 aromatic carbocycles. The van der Waals surface area contributed by atoms with Crippen LogP contribution >= 0.6 is 0 Å². The van der Waals surface area contributed by atoms with E-state index >= 15 is 0 Å². The molecule has 0 radical (unpaired) electrons. The highest BCUT2D eigenvalue weighted by Crippen LogP contribution is 2.22. The summed E-state index contributed by atoms with van der Waals surface area (Å²) >= 11 is 0. The van der Waals surface area contributed by atoms with Gasteiger partial charge in [-0.05, 0) is 19.4 Å². The standard InChI is InChI=1S/C20H40O4Si3/c1-9-24-15-10-16-25(5,6)19-11-13-20(14-12-19)26(7,8)17-18-27(21-2,22-3)23-4/h11-14H,9-10,15-18H2,1-8H3. The van der Waals surface area contributed by atoms with E-state index in [1.54, 1.807) is 26.5 Å². The maximum atomic E-state index is 5.60. The first kappa shape index (κ1) is 24.7. The summed E-state index contributed by atoms with van der Waals surface area (Å²) < 4.78 is 22.3. The van der Waals surface area contributed by atoms with Crippen LogP contribution in [0.5, 0.6) is 0 Å². The number of benzene rings is 1. The second kappa shape index (κ2) is 11.0. The lowest BCUT2D eigenvalue weighted by atomic mass is 10.4. The molecule has 0 atom stereocenters. The van der Waals surface area contributed by atoms with Crippen LogP contribution in [-0.2, 0) is 18.0 Å². The molecule has 1 aromatic rings. The lowest BCUT2D eigenvalue weighted by molar-refractivity contribution is 0.125. The lowest BCUT2D eigenvalue weighted by Gasteiger charge is -2.30. The molecule has 0 aliphatic rings. The van der Waals surface area contributed by atoms with Crippen LogP contribution < -0.4 is 10.4 Å². The summed E-state index contributed by atoms with van der Waals surface area (Å²) in [4.78, 5) is 0. The normalized spacial score (nSPS) is 13.2. The van der Waals surface area contributed by atoms with Crippen molar-refractivity contribution in [3.8, 4) is 0 Å². The zero-order valence-corrected chi connectivity index (χ0v) is 21.7. The molecule has 7 heteroatoms. The smallest absolute Gasteiger partial charge is 0.382 e. The molecule has 0 aliphatic carbocycles. The van der Waals surface area contributed by atoms with E-state index in [1.807, 2.05) is 0 Å². The maximum Gasteiger partial charge on any atom is 0.499 e. The van der Waals surface area contributed by atoms with Crippen LogP contribution in [0.4, 0.5) is 0 Å². The third-order valence-electron chi connectivity index (χ3n) is 5.73. The van der Waals surface area contributed by atoms with Gasteiger partial charge in [0.1, 0.15) is 0 Å². The lowest BCUT2D eigenvalue weighted by Crippen LogP contribution is -2.48. The van der Waals surface area contributed by atoms with Crippen LogP contribution in [0, 0.1) is 0 Å². The Hall–Kier alpha value is -0.289. The number of ether oxygens (including phenoxy) is 1. The van der Waals surface area contributed by atoms with E-state index in [9.17, 15) is 0 Å². The summed E-state index contributed by atoms with van der Waals surface area (Å²) in [5.74, 6) is 0. The van der Waals surface area contributed by atoms with Crippen molar-refractivity contribution in [2.45, 2.75) is 57.7 Å². The summed E-state index contributed by atoms with van der Waals surface area (Å²) in [7, 11) is -0.368. The molecule has 1 rings (SSSR count). The predicted octanol–water partition coefficient (Wildman–Crippen LogP) is 3.82. The third-order valence-corrected chi connectivity index (χ3v) is 15.9. The quantitative estimate of drug-likeness (QED) is 0.353. The number of hydrogen-bond donors (Lipinski definition) is 0. The number of rotatable bonds is 13. The van der Waals surface area contributed by atoms with Crippen molar-refractivity contribution in [3.63, 3.8) is 0 Å². The summed E-state index contributed by atoms with van der Waals surface area (Å²) in [6.45, 7) is 13.5. The van der Waals surface area contributed by atoms with Crippen LogP contribution in [0.15, 0.2) is 24.3 Å². The highest BCUT2D eigenvalue weighted by Gasteiger charge is 2.40. The molecular weight excluding hydrogens is 388 g/mol. The zero-order valence-electron chi connectivity index (χ0n) is 18.7. The molecule has 0 heterocycles. The molecule has 0 unspecified atom stereocenters. The minimum Gasteiger partial charge on any atom is -0.382 e. The molecule has 4 nitrogen and oxygen atoms in total. The topological polar surface area (TPSA) is 36.9 Å². The minimum atomic E-state index is -2.49. The van der Waals surface area contributed by atoms with E-state index in [-0.39, 0.29) is 0 Å². The average molecular weight is 429 g/mol. The van der Waals surface area contributed by atoms with E-state index in [0.717, 1.165) is 31.7 Å². The van der Waals surface area contributed by atoms with Gasteiger partial charge in [0.05, 0.1) is 16.1 Å². The van der Waals surface area contributed by atoms with Crippen LogP contribution in [-0.4, -0.2) is 59.5 Å². The molecule has 0 fully saturated rings. The average Bonchev–Trinajstić information content (AvgIpc) is 2.67. The maximum absolute atomic E-state index is 5.60. The van der Waals surface area contributed by atoms with Crippen LogP contribution in [0.25, 0.3) is 0 Å². The van der Waals surface area contributed by atoms with Crippen molar-refractivity contribution in [1.82, 2.24) is 0 Å². The predicted molar refractivity (Wildman–Crippen MR) is 123 cm³/mol. The van der Waals surface area contributed by atoms with Crippen molar-refractivity contribution in [2.75, 3.05) is 34.5 Å². The molecule has 0 amide bonds. The van der Waals surface area contributed by atoms with E-state index in [1.165, 1.54) is 11.2 Å². The Morgan fingerprint density at radius 1 is 0.704 bits per heavy atom. The Kier molecular flexibility index (Phi) is 10.1. The van der Waals surface area contributed by atoms with Gasteiger partial charge in [-0.3, -0.25) is 0 Å². The summed E-state index contributed by atoms with van der Waals surface area (Å²) in [5.41, 5.74) is 0. The van der Waals surface area contributed by atoms with Crippen molar-refractivity contribution < 1.29 is 18.0 Å². The molecular formula is C20H40O4Si3. The fourth-order valence-electron chi connectivity index (χ4n) is 3.44. The molecule has 156 valence electrons. The summed E-state index contributed by atoms with van der Waals surface area (Å²) in [6, 6.07) is 12.7. The van der Waals surface area contributed by atoms with Gasteiger partial charge in [-0.1, -0.05) is 66.9 Å². The Labute approximate surface area is 170 Å². The highest BCUT2D eigenvalue weighted by atomic mass is 28.4. The largest absolute Gasteiger partial charge is 0.499 e. The van der Waals surface area contributed by atoms with Crippen molar-refractivity contribution in [1.29, 1.82) is 0 Å². The molecule has 0 N–H and O–H groups in total. The van der Waals surface area contributed by atoms with Crippen molar-refractivity contribution >= 4 is 35.3 Å². The van der Waals surface area contributed by atoms with Crippen molar-refractivity contribution in [2.24, 2.45) is 0 Å². The fourth-order valence-corrected chi connectivity index (χ4v) is 12.0. The Bertz CT molecular complexity index is 534. The van der Waals surface area contributed by atoms with E-state index < -0.39 is 25.0 Å². The molecule has 0 saturated carbocycles. The van der Waals surface area contributed by atoms with Gasteiger partial charge in [0.15, 0.2) is 0 Å². The van der Waals surface area contributed by atoms with Gasteiger partial charge < -0.3 is 18.0 Å². The first-order chi connectivity index (χ1) is 12.7. The van der Waals surface area contributed by atoms with Gasteiger partial charge in [-0.15, -0.1) is 0 Å². The minimum absolute atomic E-state index is 0.815. The summed E-state index contributed by atoms with van der Waals surface area (Å²) in [5, 5.41) is 3.04. The molecule has 0 saturated heterocycles. The van der Waals surface area contributed by atoms with Gasteiger partial charge in [0.25, 0.3) is 0 Å². The first-order valence-corrected chi connectivity index (χ1v) is 18.3. The van der Waals surface area contributed by atoms with Crippen LogP contribution in [0.3, 0.4) is 0 Å². The van der Waals surface area contributed by atoms with Crippen LogP contribution in [0.1, 0.15) is 13.3 Å². The molecule has 0 bridgehead atoms. The molecule has 0 aliphatic heterocycles. The number of hydrogen-bond acceptors (Lipinski definition) is 4. The van der Waals surface area contributed by atoms with Crippen molar-refractivity contribution in [3.05, 3.63) is 24.3 Å². The second-order valence-corrected chi connectivity index (χ2v) is 21.2. The second-order valence-electron chi connectivity index (χ2n) is 8.44. The van der Waals surface area contributed by atoms with E-state index in [2.05, 4.69) is 57.4 Å².